The van der Waals surface area contributed by atoms with Gasteiger partial charge in [0.1, 0.15) is 5.82 Å². The van der Waals surface area contributed by atoms with E-state index in [-0.39, 0.29) is 0 Å². The predicted octanol–water partition coefficient (Wildman–Crippen LogP) is 1.43. The van der Waals surface area contributed by atoms with E-state index in [1.807, 2.05) is 16.7 Å². The molecule has 0 aliphatic heterocycles. The number of rotatable bonds is 6. The Morgan fingerprint density at radius 1 is 1.35 bits per heavy atom. The first-order valence-electron chi connectivity index (χ1n) is 6.19. The Morgan fingerprint density at radius 3 is 3.00 bits per heavy atom. The molecule has 0 amide bonds. The SMILES string of the molecule is CCC(CCN)CCc1nnc2ncccn12. The average Bonchev–Trinajstić information content (AvgIpc) is 2.78. The Labute approximate surface area is 101 Å². The first kappa shape index (κ1) is 12.0. The molecule has 0 saturated heterocycles. The van der Waals surface area contributed by atoms with Crippen LogP contribution in [0.2, 0.25) is 0 Å². The van der Waals surface area contributed by atoms with Gasteiger partial charge in [-0.3, -0.25) is 4.40 Å². The summed E-state index contributed by atoms with van der Waals surface area (Å²) < 4.78 is 1.95. The zero-order valence-electron chi connectivity index (χ0n) is 10.2. The Bertz CT molecular complexity index is 465. The third-order valence-corrected chi connectivity index (χ3v) is 3.19. The van der Waals surface area contributed by atoms with Crippen molar-refractivity contribution in [2.75, 3.05) is 6.54 Å². The molecule has 5 nitrogen and oxygen atoms in total. The monoisotopic (exact) mass is 233 g/mol. The van der Waals surface area contributed by atoms with E-state index in [0.29, 0.717) is 11.7 Å². The minimum Gasteiger partial charge on any atom is -0.330 e. The molecular formula is C12H19N5. The molecule has 2 heterocycles. The van der Waals surface area contributed by atoms with Gasteiger partial charge in [-0.1, -0.05) is 13.3 Å². The van der Waals surface area contributed by atoms with Crippen LogP contribution in [0.5, 0.6) is 0 Å². The third kappa shape index (κ3) is 2.79. The third-order valence-electron chi connectivity index (χ3n) is 3.19. The fourth-order valence-electron chi connectivity index (χ4n) is 2.08. The Hall–Kier alpha value is -1.49. The van der Waals surface area contributed by atoms with Crippen molar-refractivity contribution in [3.05, 3.63) is 24.3 Å². The molecule has 5 heteroatoms. The number of hydrogen-bond donors (Lipinski definition) is 1. The molecule has 2 N–H and O–H groups in total. The fourth-order valence-corrected chi connectivity index (χ4v) is 2.08. The van der Waals surface area contributed by atoms with Crippen molar-refractivity contribution in [3.8, 4) is 0 Å². The molecule has 92 valence electrons. The summed E-state index contributed by atoms with van der Waals surface area (Å²) in [6.07, 6.45) is 8.01. The lowest BCUT2D eigenvalue weighted by atomic mass is 9.96. The van der Waals surface area contributed by atoms with Gasteiger partial charge in [0.15, 0.2) is 0 Å². The highest BCUT2D eigenvalue weighted by Gasteiger charge is 2.09. The second-order valence-electron chi connectivity index (χ2n) is 4.30. The molecule has 0 aromatic carbocycles. The highest BCUT2D eigenvalue weighted by atomic mass is 15.3. The van der Waals surface area contributed by atoms with Crippen LogP contribution in [-0.4, -0.2) is 26.1 Å². The Morgan fingerprint density at radius 2 is 2.24 bits per heavy atom. The molecule has 0 aliphatic carbocycles. The maximum atomic E-state index is 5.60. The van der Waals surface area contributed by atoms with Crippen molar-refractivity contribution in [2.24, 2.45) is 11.7 Å². The van der Waals surface area contributed by atoms with Gasteiger partial charge in [-0.25, -0.2) is 4.98 Å². The lowest BCUT2D eigenvalue weighted by Gasteiger charge is -2.12. The van der Waals surface area contributed by atoms with Crippen molar-refractivity contribution in [1.29, 1.82) is 0 Å². The van der Waals surface area contributed by atoms with Gasteiger partial charge in [-0.05, 0) is 31.4 Å². The Kier molecular flexibility index (Phi) is 4.03. The van der Waals surface area contributed by atoms with Gasteiger partial charge in [-0.15, -0.1) is 10.2 Å². The number of nitrogens with two attached hydrogens (primary N) is 1. The lowest BCUT2D eigenvalue weighted by molar-refractivity contribution is 0.438. The van der Waals surface area contributed by atoms with E-state index in [4.69, 9.17) is 5.73 Å². The van der Waals surface area contributed by atoms with Crippen LogP contribution >= 0.6 is 0 Å². The molecule has 0 fully saturated rings. The molecule has 2 aromatic heterocycles. The van der Waals surface area contributed by atoms with Gasteiger partial charge >= 0.3 is 0 Å². The van der Waals surface area contributed by atoms with Crippen LogP contribution in [0, 0.1) is 5.92 Å². The van der Waals surface area contributed by atoms with Gasteiger partial charge in [0.05, 0.1) is 0 Å². The van der Waals surface area contributed by atoms with Gasteiger partial charge < -0.3 is 5.73 Å². The molecule has 0 saturated carbocycles. The second kappa shape index (κ2) is 5.72. The number of aromatic nitrogens is 4. The van der Waals surface area contributed by atoms with Crippen molar-refractivity contribution >= 4 is 5.78 Å². The number of nitrogens with zero attached hydrogens (tertiary/aromatic N) is 4. The minimum atomic E-state index is 0.675. The van der Waals surface area contributed by atoms with E-state index in [1.165, 1.54) is 6.42 Å². The molecule has 0 aliphatic rings. The summed E-state index contributed by atoms with van der Waals surface area (Å²) in [5.74, 6) is 2.35. The predicted molar refractivity (Wildman–Crippen MR) is 66.6 cm³/mol. The summed E-state index contributed by atoms with van der Waals surface area (Å²) in [5, 5.41) is 8.23. The van der Waals surface area contributed by atoms with Gasteiger partial charge in [0.25, 0.3) is 5.78 Å². The minimum absolute atomic E-state index is 0.675. The first-order valence-corrected chi connectivity index (χ1v) is 6.19. The molecule has 2 rings (SSSR count). The van der Waals surface area contributed by atoms with Gasteiger partial charge in [0.2, 0.25) is 0 Å². The summed E-state index contributed by atoms with van der Waals surface area (Å²) in [6.45, 7) is 2.98. The molecule has 0 bridgehead atoms. The van der Waals surface area contributed by atoms with E-state index in [2.05, 4.69) is 22.1 Å². The lowest BCUT2D eigenvalue weighted by Crippen LogP contribution is -2.09. The average molecular weight is 233 g/mol. The van der Waals surface area contributed by atoms with Crippen molar-refractivity contribution in [2.45, 2.75) is 32.6 Å². The van der Waals surface area contributed by atoms with Gasteiger partial charge in [-0.2, -0.15) is 0 Å². The van der Waals surface area contributed by atoms with Crippen LogP contribution in [0.1, 0.15) is 32.0 Å². The van der Waals surface area contributed by atoms with Crippen LogP contribution in [0.3, 0.4) is 0 Å². The normalized spacial score (nSPS) is 13.1. The zero-order valence-corrected chi connectivity index (χ0v) is 10.2. The maximum absolute atomic E-state index is 5.60. The maximum Gasteiger partial charge on any atom is 0.254 e. The number of aryl methyl sites for hydroxylation is 1. The molecule has 1 atom stereocenters. The standard InChI is InChI=1S/C12H19N5/c1-2-10(6-7-13)4-5-11-15-16-12-14-8-3-9-17(11)12/h3,8-10H,2,4-7,13H2,1H3. The number of hydrogen-bond acceptors (Lipinski definition) is 4. The number of fused-ring (bicyclic) bond motifs is 1. The summed E-state index contributed by atoms with van der Waals surface area (Å²) in [6, 6.07) is 1.90. The highest BCUT2D eigenvalue weighted by molar-refractivity contribution is 5.26. The van der Waals surface area contributed by atoms with E-state index >= 15 is 0 Å². The Balaban J connectivity index is 2.03. The van der Waals surface area contributed by atoms with E-state index in [1.54, 1.807) is 6.20 Å². The summed E-state index contributed by atoms with van der Waals surface area (Å²) in [7, 11) is 0. The summed E-state index contributed by atoms with van der Waals surface area (Å²) >= 11 is 0. The quantitative estimate of drug-likeness (QED) is 0.819. The van der Waals surface area contributed by atoms with E-state index < -0.39 is 0 Å². The molecule has 0 radical (unpaired) electrons. The van der Waals surface area contributed by atoms with E-state index in [0.717, 1.165) is 31.6 Å². The summed E-state index contributed by atoms with van der Waals surface area (Å²) in [5.41, 5.74) is 5.60. The molecule has 1 unspecified atom stereocenters. The van der Waals surface area contributed by atoms with E-state index in [9.17, 15) is 0 Å². The van der Waals surface area contributed by atoms with Crippen molar-refractivity contribution in [3.63, 3.8) is 0 Å². The van der Waals surface area contributed by atoms with Crippen LogP contribution in [0.4, 0.5) is 0 Å². The molecule has 17 heavy (non-hydrogen) atoms. The molecule has 0 spiro atoms. The largest absolute Gasteiger partial charge is 0.330 e. The zero-order chi connectivity index (χ0) is 12.1. The van der Waals surface area contributed by atoms with Crippen LogP contribution < -0.4 is 5.73 Å². The second-order valence-corrected chi connectivity index (χ2v) is 4.30. The van der Waals surface area contributed by atoms with Gasteiger partial charge in [0, 0.05) is 18.8 Å². The first-order chi connectivity index (χ1) is 8.35. The topological polar surface area (TPSA) is 69.1 Å². The molecule has 2 aromatic rings. The van der Waals surface area contributed by atoms with Crippen LogP contribution in [0.15, 0.2) is 18.5 Å². The van der Waals surface area contributed by atoms with Crippen molar-refractivity contribution < 1.29 is 0 Å². The van der Waals surface area contributed by atoms with Crippen molar-refractivity contribution in [1.82, 2.24) is 19.6 Å². The molecular weight excluding hydrogens is 214 g/mol. The van der Waals surface area contributed by atoms with Crippen LogP contribution in [0.25, 0.3) is 5.78 Å². The summed E-state index contributed by atoms with van der Waals surface area (Å²) in [4.78, 5) is 4.15. The van der Waals surface area contributed by atoms with Crippen LogP contribution in [-0.2, 0) is 6.42 Å². The smallest absolute Gasteiger partial charge is 0.254 e. The fraction of sp³-hybridized carbons (Fsp3) is 0.583. The highest BCUT2D eigenvalue weighted by Crippen LogP contribution is 2.15.